The topological polar surface area (TPSA) is 64.7 Å². The molecule has 1 heterocycles. The number of halogens is 1. The number of nitrogens with two attached hydrogens (primary N) is 1. The third-order valence-corrected chi connectivity index (χ3v) is 3.14. The fraction of sp³-hybridized carbons (Fsp3) is 0.182. The van der Waals surface area contributed by atoms with E-state index in [9.17, 15) is 0 Å². The summed E-state index contributed by atoms with van der Waals surface area (Å²) < 4.78 is 0. The molecule has 2 rings (SSSR count). The Kier molecular flexibility index (Phi) is 3.81. The highest BCUT2D eigenvalue weighted by Gasteiger charge is 2.03. The van der Waals surface area contributed by atoms with E-state index in [0.717, 1.165) is 5.75 Å². The van der Waals surface area contributed by atoms with E-state index in [1.165, 1.54) is 22.9 Å². The molecule has 2 N–H and O–H groups in total. The normalized spacial score (nSPS) is 10.5. The van der Waals surface area contributed by atoms with Crippen LogP contribution in [0.2, 0.25) is 5.28 Å². The van der Waals surface area contributed by atoms with Crippen molar-refractivity contribution in [3.05, 3.63) is 40.7 Å². The Balaban J connectivity index is 2.07. The Labute approximate surface area is 109 Å². The number of rotatable bonds is 3. The van der Waals surface area contributed by atoms with Crippen LogP contribution < -0.4 is 5.73 Å². The molecule has 17 heavy (non-hydrogen) atoms. The van der Waals surface area contributed by atoms with Crippen LogP contribution in [0.25, 0.3) is 0 Å². The van der Waals surface area contributed by atoms with Gasteiger partial charge < -0.3 is 5.73 Å². The van der Waals surface area contributed by atoms with Crippen molar-refractivity contribution in [3.63, 3.8) is 0 Å². The lowest BCUT2D eigenvalue weighted by Crippen LogP contribution is -1.99. The first kappa shape index (κ1) is 12.1. The largest absolute Gasteiger partial charge is 0.368 e. The highest BCUT2D eigenvalue weighted by atomic mass is 35.5. The van der Waals surface area contributed by atoms with Crippen LogP contribution in [-0.4, -0.2) is 15.0 Å². The zero-order valence-corrected chi connectivity index (χ0v) is 10.8. The molecule has 0 radical (unpaired) electrons. The molecule has 0 spiro atoms. The Bertz CT molecular complexity index is 512. The van der Waals surface area contributed by atoms with Gasteiger partial charge >= 0.3 is 0 Å². The molecule has 88 valence electrons. The summed E-state index contributed by atoms with van der Waals surface area (Å²) in [5, 5.41) is 0.674. The van der Waals surface area contributed by atoms with Crippen LogP contribution >= 0.6 is 23.4 Å². The SMILES string of the molecule is Cc1cccc(CSc2nc(N)nc(Cl)n2)c1. The number of aryl methyl sites for hydroxylation is 1. The van der Waals surface area contributed by atoms with E-state index in [1.807, 2.05) is 6.07 Å². The number of hydrogen-bond acceptors (Lipinski definition) is 5. The number of hydrogen-bond donors (Lipinski definition) is 1. The Morgan fingerprint density at radius 2 is 2.12 bits per heavy atom. The molecule has 0 aliphatic carbocycles. The van der Waals surface area contributed by atoms with Crippen LogP contribution in [0.4, 0.5) is 5.95 Å². The van der Waals surface area contributed by atoms with E-state index in [4.69, 9.17) is 17.3 Å². The number of benzene rings is 1. The van der Waals surface area contributed by atoms with Crippen LogP contribution in [-0.2, 0) is 5.75 Å². The molecule has 0 amide bonds. The van der Waals surface area contributed by atoms with Gasteiger partial charge in [0.15, 0.2) is 5.16 Å². The van der Waals surface area contributed by atoms with Crippen molar-refractivity contribution in [2.75, 3.05) is 5.73 Å². The van der Waals surface area contributed by atoms with Gasteiger partial charge in [0.25, 0.3) is 0 Å². The summed E-state index contributed by atoms with van der Waals surface area (Å²) in [5.41, 5.74) is 7.94. The minimum Gasteiger partial charge on any atom is -0.368 e. The van der Waals surface area contributed by atoms with Gasteiger partial charge in [-0.05, 0) is 24.1 Å². The Hall–Kier alpha value is -1.33. The molecule has 2 aromatic rings. The summed E-state index contributed by atoms with van der Waals surface area (Å²) >= 11 is 7.19. The predicted molar refractivity (Wildman–Crippen MR) is 70.0 cm³/mol. The molecule has 0 aliphatic rings. The van der Waals surface area contributed by atoms with Crippen LogP contribution in [0.5, 0.6) is 0 Å². The van der Waals surface area contributed by atoms with Gasteiger partial charge in [-0.15, -0.1) is 0 Å². The van der Waals surface area contributed by atoms with Gasteiger partial charge in [-0.3, -0.25) is 0 Å². The number of nitrogens with zero attached hydrogens (tertiary/aromatic N) is 3. The maximum atomic E-state index is 5.70. The third-order valence-electron chi connectivity index (χ3n) is 2.06. The van der Waals surface area contributed by atoms with Gasteiger partial charge in [0.1, 0.15) is 0 Å². The third kappa shape index (κ3) is 3.57. The number of thioether (sulfide) groups is 1. The first-order chi connectivity index (χ1) is 8.13. The zero-order chi connectivity index (χ0) is 12.3. The summed E-state index contributed by atoms with van der Waals surface area (Å²) in [6.07, 6.45) is 0. The maximum Gasteiger partial charge on any atom is 0.228 e. The summed E-state index contributed by atoms with van der Waals surface area (Å²) in [7, 11) is 0. The highest BCUT2D eigenvalue weighted by molar-refractivity contribution is 7.98. The van der Waals surface area contributed by atoms with Crippen molar-refractivity contribution in [1.82, 2.24) is 15.0 Å². The number of anilines is 1. The van der Waals surface area contributed by atoms with Gasteiger partial charge in [0, 0.05) is 5.75 Å². The molecule has 0 saturated carbocycles. The van der Waals surface area contributed by atoms with E-state index in [1.54, 1.807) is 0 Å². The van der Waals surface area contributed by atoms with Crippen LogP contribution in [0.3, 0.4) is 0 Å². The van der Waals surface area contributed by atoms with Crippen molar-refractivity contribution in [1.29, 1.82) is 0 Å². The minimum absolute atomic E-state index is 0.129. The molecule has 0 fully saturated rings. The van der Waals surface area contributed by atoms with Crippen molar-refractivity contribution in [2.24, 2.45) is 0 Å². The van der Waals surface area contributed by atoms with Crippen LogP contribution in [0.15, 0.2) is 29.4 Å². The fourth-order valence-electron chi connectivity index (χ4n) is 1.36. The fourth-order valence-corrected chi connectivity index (χ4v) is 2.36. The van der Waals surface area contributed by atoms with Crippen molar-refractivity contribution in [3.8, 4) is 0 Å². The second-order valence-corrected chi connectivity index (χ2v) is 4.80. The standard InChI is InChI=1S/C11H11ClN4S/c1-7-3-2-4-8(5-7)6-17-11-15-9(12)14-10(13)16-11/h2-5H,6H2,1H3,(H2,13,14,15,16). The second-order valence-electron chi connectivity index (χ2n) is 3.52. The molecule has 0 saturated heterocycles. The van der Waals surface area contributed by atoms with E-state index in [0.29, 0.717) is 5.16 Å². The van der Waals surface area contributed by atoms with Gasteiger partial charge in [-0.1, -0.05) is 41.6 Å². The average Bonchev–Trinajstić information content (AvgIpc) is 2.25. The van der Waals surface area contributed by atoms with Gasteiger partial charge in [0.2, 0.25) is 11.2 Å². The molecule has 0 unspecified atom stereocenters. The Morgan fingerprint density at radius 1 is 1.29 bits per heavy atom. The summed E-state index contributed by atoms with van der Waals surface area (Å²) in [6, 6.07) is 8.28. The zero-order valence-electron chi connectivity index (χ0n) is 9.22. The highest BCUT2D eigenvalue weighted by Crippen LogP contribution is 2.21. The van der Waals surface area contributed by atoms with Gasteiger partial charge in [0.05, 0.1) is 0 Å². The molecule has 0 bridgehead atoms. The number of nitrogen functional groups attached to an aromatic ring is 1. The lowest BCUT2D eigenvalue weighted by molar-refractivity contribution is 0.916. The van der Waals surface area contributed by atoms with Crippen LogP contribution in [0.1, 0.15) is 11.1 Å². The molecule has 6 heteroatoms. The predicted octanol–water partition coefficient (Wildman–Crippen LogP) is 2.71. The summed E-state index contributed by atoms with van der Waals surface area (Å²) in [6.45, 7) is 2.06. The first-order valence-corrected chi connectivity index (χ1v) is 6.35. The van der Waals surface area contributed by atoms with E-state index >= 15 is 0 Å². The average molecular weight is 267 g/mol. The molecule has 1 aromatic heterocycles. The van der Waals surface area contributed by atoms with E-state index in [-0.39, 0.29) is 11.2 Å². The Morgan fingerprint density at radius 3 is 2.82 bits per heavy atom. The maximum absolute atomic E-state index is 5.70. The lowest BCUT2D eigenvalue weighted by atomic mass is 10.2. The van der Waals surface area contributed by atoms with Crippen molar-refractivity contribution in [2.45, 2.75) is 17.8 Å². The minimum atomic E-state index is 0.129. The molecule has 0 aliphatic heterocycles. The molecule has 1 aromatic carbocycles. The molecular formula is C11H11ClN4S. The van der Waals surface area contributed by atoms with Crippen LogP contribution in [0, 0.1) is 6.92 Å². The van der Waals surface area contributed by atoms with Crippen molar-refractivity contribution >= 4 is 29.3 Å². The van der Waals surface area contributed by atoms with E-state index in [2.05, 4.69) is 40.1 Å². The molecule has 0 atom stereocenters. The molecule has 4 nitrogen and oxygen atoms in total. The lowest BCUT2D eigenvalue weighted by Gasteiger charge is -2.02. The summed E-state index contributed by atoms with van der Waals surface area (Å²) in [4.78, 5) is 11.7. The second kappa shape index (κ2) is 5.33. The first-order valence-electron chi connectivity index (χ1n) is 4.99. The van der Waals surface area contributed by atoms with Gasteiger partial charge in [-0.2, -0.15) is 15.0 Å². The number of aromatic nitrogens is 3. The summed E-state index contributed by atoms with van der Waals surface area (Å²) in [5.74, 6) is 0.929. The monoisotopic (exact) mass is 266 g/mol. The van der Waals surface area contributed by atoms with Gasteiger partial charge in [-0.25, -0.2) is 0 Å². The smallest absolute Gasteiger partial charge is 0.228 e. The molecular weight excluding hydrogens is 256 g/mol. The van der Waals surface area contributed by atoms with E-state index < -0.39 is 0 Å². The quantitative estimate of drug-likeness (QED) is 0.866. The van der Waals surface area contributed by atoms with Crippen molar-refractivity contribution < 1.29 is 0 Å².